The number of amides is 1. The molecule has 1 aromatic heterocycles. The van der Waals surface area contributed by atoms with Crippen molar-refractivity contribution in [2.75, 3.05) is 0 Å². The van der Waals surface area contributed by atoms with E-state index in [0.717, 1.165) is 31.2 Å². The van der Waals surface area contributed by atoms with Crippen LogP contribution in [-0.2, 0) is 11.3 Å². The lowest BCUT2D eigenvalue weighted by molar-refractivity contribution is -0.122. The molecule has 0 saturated heterocycles. The fourth-order valence-corrected chi connectivity index (χ4v) is 3.43. The molecule has 5 nitrogen and oxygen atoms in total. The number of carbonyl (C=O) groups excluding carboxylic acids is 1. The lowest BCUT2D eigenvalue weighted by atomic mass is 10.1. The summed E-state index contributed by atoms with van der Waals surface area (Å²) in [5, 5.41) is 3.59. The molecule has 25 heavy (non-hydrogen) atoms. The molecule has 0 unspecified atom stereocenters. The molecule has 0 radical (unpaired) electrons. The number of nitrogens with zero attached hydrogens (tertiary/aromatic N) is 2. The van der Waals surface area contributed by atoms with Gasteiger partial charge in [-0.3, -0.25) is 14.2 Å². The second kappa shape index (κ2) is 7.40. The highest BCUT2D eigenvalue weighted by Gasteiger charge is 2.20. The molecule has 1 amide bonds. The van der Waals surface area contributed by atoms with Crippen LogP contribution >= 0.6 is 11.6 Å². The molecule has 1 heterocycles. The number of carbonyl (C=O) groups is 1. The van der Waals surface area contributed by atoms with Crippen molar-refractivity contribution in [3.05, 3.63) is 50.9 Å². The van der Waals surface area contributed by atoms with Gasteiger partial charge >= 0.3 is 0 Å². The third kappa shape index (κ3) is 3.93. The number of hydrogen-bond acceptors (Lipinski definition) is 3. The minimum absolute atomic E-state index is 0.0364. The summed E-state index contributed by atoms with van der Waals surface area (Å²) in [6, 6.07) is 7.39. The summed E-state index contributed by atoms with van der Waals surface area (Å²) in [5.41, 5.74) is 1.75. The third-order valence-corrected chi connectivity index (χ3v) is 4.98. The van der Waals surface area contributed by atoms with Crippen molar-refractivity contribution < 1.29 is 4.79 Å². The van der Waals surface area contributed by atoms with Gasteiger partial charge in [0.1, 0.15) is 12.4 Å². The first-order valence-electron chi connectivity index (χ1n) is 8.59. The Hall–Kier alpha value is -2.14. The fraction of sp³-hybridized carbons (Fsp3) is 0.421. The van der Waals surface area contributed by atoms with E-state index in [1.54, 1.807) is 26.0 Å². The molecular formula is C19H22ClN3O2. The molecule has 3 rings (SSSR count). The van der Waals surface area contributed by atoms with E-state index in [4.69, 9.17) is 11.6 Å². The molecule has 132 valence electrons. The molecule has 0 atom stereocenters. The Morgan fingerprint density at radius 1 is 1.32 bits per heavy atom. The van der Waals surface area contributed by atoms with Gasteiger partial charge in [-0.1, -0.05) is 36.6 Å². The summed E-state index contributed by atoms with van der Waals surface area (Å²) in [7, 11) is 0. The van der Waals surface area contributed by atoms with Gasteiger partial charge in [-0.2, -0.15) is 0 Å². The molecular weight excluding hydrogens is 338 g/mol. The van der Waals surface area contributed by atoms with E-state index in [1.165, 1.54) is 4.57 Å². The van der Waals surface area contributed by atoms with Gasteiger partial charge in [-0.05, 0) is 38.8 Å². The van der Waals surface area contributed by atoms with Crippen molar-refractivity contribution in [2.45, 2.75) is 52.1 Å². The first-order chi connectivity index (χ1) is 12.0. The summed E-state index contributed by atoms with van der Waals surface area (Å²) in [6.45, 7) is 3.50. The zero-order valence-electron chi connectivity index (χ0n) is 14.5. The Morgan fingerprint density at radius 2 is 2.04 bits per heavy atom. The quantitative estimate of drug-likeness (QED) is 0.911. The molecule has 1 N–H and O–H groups in total. The van der Waals surface area contributed by atoms with Crippen LogP contribution in [0.2, 0.25) is 5.02 Å². The number of nitrogens with one attached hydrogen (secondary N) is 1. The van der Waals surface area contributed by atoms with Crippen LogP contribution in [0.1, 0.15) is 36.9 Å². The molecule has 1 fully saturated rings. The SMILES string of the molecule is Cc1nc(-c2cccc(Cl)c2)n(CC(=O)NC2CCCC2)c(=O)c1C. The standard InChI is InChI=1S/C19H22ClN3O2/c1-12-13(2)21-18(14-6-5-7-15(20)10-14)23(19(12)25)11-17(24)22-16-8-3-4-9-16/h5-7,10,16H,3-4,8-9,11H2,1-2H3,(H,22,24). The van der Waals surface area contributed by atoms with Crippen LogP contribution in [0.15, 0.2) is 29.1 Å². The van der Waals surface area contributed by atoms with Crippen molar-refractivity contribution >= 4 is 17.5 Å². The summed E-state index contributed by atoms with van der Waals surface area (Å²) in [4.78, 5) is 29.7. The third-order valence-electron chi connectivity index (χ3n) is 4.74. The lowest BCUT2D eigenvalue weighted by Crippen LogP contribution is -2.38. The monoisotopic (exact) mass is 359 g/mol. The van der Waals surface area contributed by atoms with Gasteiger partial charge in [-0.25, -0.2) is 4.98 Å². The largest absolute Gasteiger partial charge is 0.352 e. The van der Waals surface area contributed by atoms with Crippen LogP contribution in [0.25, 0.3) is 11.4 Å². The maximum absolute atomic E-state index is 12.8. The van der Waals surface area contributed by atoms with Gasteiger partial charge in [0, 0.05) is 27.9 Å². The predicted molar refractivity (Wildman–Crippen MR) is 98.8 cm³/mol. The minimum Gasteiger partial charge on any atom is -0.352 e. The topological polar surface area (TPSA) is 64.0 Å². The second-order valence-corrected chi connectivity index (χ2v) is 7.03. The molecule has 0 aliphatic heterocycles. The molecule has 2 aromatic rings. The van der Waals surface area contributed by atoms with Gasteiger partial charge in [0.2, 0.25) is 5.91 Å². The zero-order valence-corrected chi connectivity index (χ0v) is 15.3. The highest BCUT2D eigenvalue weighted by molar-refractivity contribution is 6.30. The summed E-state index contributed by atoms with van der Waals surface area (Å²) < 4.78 is 1.44. The lowest BCUT2D eigenvalue weighted by Gasteiger charge is -2.17. The number of aromatic nitrogens is 2. The van der Waals surface area contributed by atoms with Gasteiger partial charge in [-0.15, -0.1) is 0 Å². The normalized spacial score (nSPS) is 14.7. The maximum Gasteiger partial charge on any atom is 0.257 e. The molecule has 1 saturated carbocycles. The van der Waals surface area contributed by atoms with Crippen LogP contribution in [-0.4, -0.2) is 21.5 Å². The van der Waals surface area contributed by atoms with Crippen molar-refractivity contribution in [3.8, 4) is 11.4 Å². The van der Waals surface area contributed by atoms with Crippen LogP contribution < -0.4 is 10.9 Å². The molecule has 0 spiro atoms. The van der Waals surface area contributed by atoms with Crippen molar-refractivity contribution in [1.29, 1.82) is 0 Å². The molecule has 6 heteroatoms. The number of hydrogen-bond donors (Lipinski definition) is 1. The predicted octanol–water partition coefficient (Wildman–Crippen LogP) is 3.24. The average molecular weight is 360 g/mol. The zero-order chi connectivity index (χ0) is 18.0. The van der Waals surface area contributed by atoms with Crippen molar-refractivity contribution in [3.63, 3.8) is 0 Å². The number of rotatable bonds is 4. The molecule has 1 aliphatic carbocycles. The summed E-state index contributed by atoms with van der Waals surface area (Å²) >= 11 is 6.08. The summed E-state index contributed by atoms with van der Waals surface area (Å²) in [6.07, 6.45) is 4.30. The van der Waals surface area contributed by atoms with Crippen LogP contribution in [0.4, 0.5) is 0 Å². The highest BCUT2D eigenvalue weighted by atomic mass is 35.5. The van der Waals surface area contributed by atoms with Gasteiger partial charge in [0.05, 0.1) is 0 Å². The first kappa shape index (κ1) is 17.7. The molecule has 0 bridgehead atoms. The Morgan fingerprint density at radius 3 is 2.72 bits per heavy atom. The fourth-order valence-electron chi connectivity index (χ4n) is 3.24. The van der Waals surface area contributed by atoms with Gasteiger partial charge < -0.3 is 5.32 Å². The van der Waals surface area contributed by atoms with E-state index in [0.29, 0.717) is 22.1 Å². The number of benzene rings is 1. The minimum atomic E-state index is -0.191. The smallest absolute Gasteiger partial charge is 0.257 e. The van der Waals surface area contributed by atoms with Gasteiger partial charge in [0.15, 0.2) is 0 Å². The Bertz CT molecular complexity index is 854. The van der Waals surface area contributed by atoms with E-state index in [-0.39, 0.29) is 24.1 Å². The van der Waals surface area contributed by atoms with E-state index >= 15 is 0 Å². The van der Waals surface area contributed by atoms with E-state index < -0.39 is 0 Å². The average Bonchev–Trinajstić information content (AvgIpc) is 3.08. The Labute approximate surface area is 152 Å². The van der Waals surface area contributed by atoms with E-state index in [2.05, 4.69) is 10.3 Å². The molecule has 1 aromatic carbocycles. The van der Waals surface area contributed by atoms with Crippen LogP contribution in [0.3, 0.4) is 0 Å². The maximum atomic E-state index is 12.8. The van der Waals surface area contributed by atoms with Crippen LogP contribution in [0, 0.1) is 13.8 Å². The first-order valence-corrected chi connectivity index (χ1v) is 8.97. The van der Waals surface area contributed by atoms with Crippen molar-refractivity contribution in [1.82, 2.24) is 14.9 Å². The van der Waals surface area contributed by atoms with Crippen molar-refractivity contribution in [2.24, 2.45) is 0 Å². The van der Waals surface area contributed by atoms with Crippen LogP contribution in [0.5, 0.6) is 0 Å². The second-order valence-electron chi connectivity index (χ2n) is 6.60. The number of halogens is 1. The van der Waals surface area contributed by atoms with E-state index in [9.17, 15) is 9.59 Å². The summed E-state index contributed by atoms with van der Waals surface area (Å²) in [5.74, 6) is 0.319. The van der Waals surface area contributed by atoms with E-state index in [1.807, 2.05) is 12.1 Å². The Kier molecular flexibility index (Phi) is 5.23. The van der Waals surface area contributed by atoms with Gasteiger partial charge in [0.25, 0.3) is 5.56 Å². The Balaban J connectivity index is 1.97. The molecule has 1 aliphatic rings. The highest BCUT2D eigenvalue weighted by Crippen LogP contribution is 2.21. The number of aryl methyl sites for hydroxylation is 1.